The van der Waals surface area contributed by atoms with E-state index in [1.165, 1.54) is 18.0 Å². The maximum absolute atomic E-state index is 12.1. The van der Waals surface area contributed by atoms with E-state index in [2.05, 4.69) is 23.3 Å². The van der Waals surface area contributed by atoms with Gasteiger partial charge in [0.1, 0.15) is 0 Å². The van der Waals surface area contributed by atoms with E-state index < -0.39 is 0 Å². The van der Waals surface area contributed by atoms with Crippen LogP contribution in [0.4, 0.5) is 0 Å². The van der Waals surface area contributed by atoms with Crippen LogP contribution < -0.4 is 19.5 Å². The summed E-state index contributed by atoms with van der Waals surface area (Å²) in [6.07, 6.45) is 10.1. The largest absolute Gasteiger partial charge is 0.619 e. The number of carbonyl (C=O) groups is 1. The number of carbonyl (C=O) groups excluding carboxylic acids is 1. The van der Waals surface area contributed by atoms with Gasteiger partial charge in [0, 0.05) is 31.6 Å². The lowest BCUT2D eigenvalue weighted by Crippen LogP contribution is -2.26. The fraction of sp³-hybridized carbons (Fsp3) is 0.333. The molecule has 0 saturated carbocycles. The lowest BCUT2D eigenvalue weighted by molar-refractivity contribution is -0.605. The van der Waals surface area contributed by atoms with Crippen LogP contribution in [0.25, 0.3) is 17.2 Å². The van der Waals surface area contributed by atoms with Crippen molar-refractivity contribution in [3.63, 3.8) is 0 Å². The second-order valence-electron chi connectivity index (χ2n) is 8.97. The molecule has 0 aliphatic heterocycles. The maximum Gasteiger partial charge on any atom is 0.223 e. The molecular weight excluding hydrogens is 466 g/mol. The highest BCUT2D eigenvalue weighted by molar-refractivity contribution is 5.78. The zero-order valence-corrected chi connectivity index (χ0v) is 22.0. The fourth-order valence-electron chi connectivity index (χ4n) is 3.97. The number of likely N-dealkylation sites (N-methyl/N-ethyl adjacent to an activating group) is 1. The Morgan fingerprint density at radius 2 is 1.65 bits per heavy atom. The van der Waals surface area contributed by atoms with Crippen LogP contribution in [0.5, 0.6) is 11.5 Å². The molecule has 0 spiro atoms. The van der Waals surface area contributed by atoms with E-state index in [-0.39, 0.29) is 5.91 Å². The summed E-state index contributed by atoms with van der Waals surface area (Å²) >= 11 is 0. The topological polar surface area (TPSA) is 77.7 Å². The van der Waals surface area contributed by atoms with Crippen molar-refractivity contribution in [1.29, 1.82) is 0 Å². The van der Waals surface area contributed by atoms with E-state index in [4.69, 9.17) is 9.47 Å². The predicted molar refractivity (Wildman–Crippen MR) is 147 cm³/mol. The highest BCUT2D eigenvalue weighted by atomic mass is 16.5. The first kappa shape index (κ1) is 27.7. The molecule has 0 aliphatic carbocycles. The maximum atomic E-state index is 12.1. The van der Waals surface area contributed by atoms with Crippen molar-refractivity contribution >= 4 is 12.0 Å². The second kappa shape index (κ2) is 14.7. The lowest BCUT2D eigenvalue weighted by Gasteiger charge is -2.17. The van der Waals surface area contributed by atoms with E-state index >= 15 is 0 Å². The van der Waals surface area contributed by atoms with Gasteiger partial charge in [0.05, 0.1) is 14.2 Å². The Hall–Kier alpha value is -3.84. The fourth-order valence-corrected chi connectivity index (χ4v) is 3.97. The number of benzene rings is 2. The monoisotopic (exact) mass is 503 g/mol. The number of unbranched alkanes of at least 4 members (excludes halogenated alkanes) is 1. The van der Waals surface area contributed by atoms with Crippen molar-refractivity contribution in [1.82, 2.24) is 10.2 Å². The molecule has 0 saturated heterocycles. The summed E-state index contributed by atoms with van der Waals surface area (Å²) in [6.45, 7) is 2.63. The number of nitrogens with zero attached hydrogens (tertiary/aromatic N) is 2. The Morgan fingerprint density at radius 3 is 2.35 bits per heavy atom. The van der Waals surface area contributed by atoms with Crippen LogP contribution in [-0.4, -0.2) is 51.7 Å². The van der Waals surface area contributed by atoms with Crippen LogP contribution in [0.15, 0.2) is 73.1 Å². The van der Waals surface area contributed by atoms with Crippen LogP contribution in [0.2, 0.25) is 0 Å². The molecule has 1 N–H and O–H groups in total. The van der Waals surface area contributed by atoms with Gasteiger partial charge >= 0.3 is 0 Å². The van der Waals surface area contributed by atoms with Gasteiger partial charge in [-0.2, -0.15) is 4.73 Å². The summed E-state index contributed by atoms with van der Waals surface area (Å²) in [5.74, 6) is 1.54. The van der Waals surface area contributed by atoms with E-state index in [0.29, 0.717) is 13.0 Å². The molecule has 3 aromatic rings. The number of methoxy groups -OCH3 is 2. The molecular formula is C30H37N3O4. The zero-order valence-electron chi connectivity index (χ0n) is 22.0. The van der Waals surface area contributed by atoms with E-state index in [0.717, 1.165) is 65.3 Å². The minimum absolute atomic E-state index is 0.0323. The molecule has 0 fully saturated rings. The highest BCUT2D eigenvalue weighted by Crippen LogP contribution is 2.27. The molecule has 7 heteroatoms. The summed E-state index contributed by atoms with van der Waals surface area (Å²) in [4.78, 5) is 14.4. The molecule has 37 heavy (non-hydrogen) atoms. The second-order valence-corrected chi connectivity index (χ2v) is 8.97. The van der Waals surface area contributed by atoms with E-state index in [1.807, 2.05) is 48.6 Å². The molecule has 1 heterocycles. The number of ether oxygens (including phenoxy) is 2. The lowest BCUT2D eigenvalue weighted by atomic mass is 10.0. The third-order valence-electron chi connectivity index (χ3n) is 6.18. The summed E-state index contributed by atoms with van der Waals surface area (Å²) in [6, 6.07) is 17.7. The average Bonchev–Trinajstić information content (AvgIpc) is 2.92. The van der Waals surface area contributed by atoms with Gasteiger partial charge in [-0.15, -0.1) is 0 Å². The van der Waals surface area contributed by atoms with Crippen molar-refractivity contribution in [3.8, 4) is 22.6 Å². The van der Waals surface area contributed by atoms with Gasteiger partial charge in [0.15, 0.2) is 23.9 Å². The van der Waals surface area contributed by atoms with Crippen LogP contribution >= 0.6 is 0 Å². The Kier molecular flexibility index (Phi) is 11.0. The van der Waals surface area contributed by atoms with Gasteiger partial charge in [-0.05, 0) is 67.2 Å². The van der Waals surface area contributed by atoms with Gasteiger partial charge in [-0.3, -0.25) is 4.79 Å². The minimum atomic E-state index is 0.0323. The molecule has 1 amide bonds. The Morgan fingerprint density at radius 1 is 0.946 bits per heavy atom. The molecule has 2 aromatic carbocycles. The first-order valence-electron chi connectivity index (χ1n) is 12.6. The Bertz CT molecular complexity index is 1140. The molecule has 196 valence electrons. The van der Waals surface area contributed by atoms with Crippen LogP contribution in [0.3, 0.4) is 0 Å². The first-order chi connectivity index (χ1) is 18.0. The third-order valence-corrected chi connectivity index (χ3v) is 6.18. The Balaban J connectivity index is 1.28. The summed E-state index contributed by atoms with van der Waals surface area (Å²) in [7, 11) is 5.42. The van der Waals surface area contributed by atoms with Crippen molar-refractivity contribution in [2.75, 3.05) is 40.9 Å². The summed E-state index contributed by atoms with van der Waals surface area (Å²) in [5, 5.41) is 14.2. The number of aromatic nitrogens is 1. The number of pyridine rings is 1. The van der Waals surface area contributed by atoms with Crippen LogP contribution in [0.1, 0.15) is 30.4 Å². The standard InChI is InChI=1S/C30H37N3O4/c1-32(20-15-25-11-14-28(36-2)29(23-25)37-3)19-5-4-18-31-30(34)8-6-7-24-9-12-26(13-10-24)27-16-21-33(35)22-17-27/h6-7,9-14,16-17,21-23H,4-5,8,15,18-20H2,1-3H3,(H,31,34). The smallest absolute Gasteiger partial charge is 0.223 e. The van der Waals surface area contributed by atoms with Gasteiger partial charge in [0.2, 0.25) is 5.91 Å². The molecule has 0 aliphatic rings. The van der Waals surface area contributed by atoms with E-state index in [1.54, 1.807) is 26.4 Å². The van der Waals surface area contributed by atoms with Gasteiger partial charge in [-0.25, -0.2) is 0 Å². The molecule has 0 unspecified atom stereocenters. The van der Waals surface area contributed by atoms with E-state index in [9.17, 15) is 10.0 Å². The number of amides is 1. The molecule has 1 aromatic heterocycles. The predicted octanol–water partition coefficient (Wildman–Crippen LogP) is 4.48. The van der Waals surface area contributed by atoms with Gasteiger partial charge in [-0.1, -0.05) is 42.5 Å². The van der Waals surface area contributed by atoms with Gasteiger partial charge < -0.3 is 24.9 Å². The molecule has 7 nitrogen and oxygen atoms in total. The molecule has 3 rings (SSSR count). The van der Waals surface area contributed by atoms with Crippen LogP contribution in [0, 0.1) is 5.21 Å². The number of rotatable bonds is 14. The summed E-state index contributed by atoms with van der Waals surface area (Å²) in [5.41, 5.74) is 4.28. The number of hydrogen-bond donors (Lipinski definition) is 1. The zero-order chi connectivity index (χ0) is 26.5. The summed E-state index contributed by atoms with van der Waals surface area (Å²) < 4.78 is 11.4. The molecule has 0 atom stereocenters. The minimum Gasteiger partial charge on any atom is -0.619 e. The van der Waals surface area contributed by atoms with Crippen molar-refractivity contribution in [2.24, 2.45) is 0 Å². The normalized spacial score (nSPS) is 11.1. The quantitative estimate of drug-likeness (QED) is 0.199. The van der Waals surface area contributed by atoms with Crippen LogP contribution in [-0.2, 0) is 11.2 Å². The number of hydrogen-bond acceptors (Lipinski definition) is 5. The third kappa shape index (κ3) is 9.28. The van der Waals surface area contributed by atoms with Crippen molar-refractivity contribution in [3.05, 3.63) is 89.4 Å². The average molecular weight is 504 g/mol. The van der Waals surface area contributed by atoms with Crippen molar-refractivity contribution in [2.45, 2.75) is 25.7 Å². The molecule has 0 radical (unpaired) electrons. The first-order valence-corrected chi connectivity index (χ1v) is 12.6. The molecule has 0 bridgehead atoms. The SMILES string of the molecule is COc1ccc(CCN(C)CCCCNC(=O)CC=Cc2ccc(-c3cc[n+]([O-])cc3)cc2)cc1OC. The van der Waals surface area contributed by atoms with Crippen molar-refractivity contribution < 1.29 is 19.0 Å². The Labute approximate surface area is 219 Å². The highest BCUT2D eigenvalue weighted by Gasteiger charge is 2.06. The van der Waals surface area contributed by atoms with Gasteiger partial charge in [0.25, 0.3) is 0 Å². The number of nitrogens with one attached hydrogen (secondary N) is 1.